The topological polar surface area (TPSA) is 35.5 Å². The molecule has 0 aliphatic heterocycles. The largest absolute Gasteiger partial charge is 0.390 e. The highest BCUT2D eigenvalue weighted by molar-refractivity contribution is 5.47. The lowest BCUT2D eigenvalue weighted by Gasteiger charge is -2.23. The second-order valence-electron chi connectivity index (χ2n) is 5.06. The summed E-state index contributed by atoms with van der Waals surface area (Å²) in [5.74, 6) is 0. The zero-order valence-corrected chi connectivity index (χ0v) is 10.7. The van der Waals surface area contributed by atoms with Crippen LogP contribution in [0.15, 0.2) is 24.3 Å². The van der Waals surface area contributed by atoms with Gasteiger partial charge in [-0.1, -0.05) is 12.1 Å². The van der Waals surface area contributed by atoms with Crippen molar-refractivity contribution in [2.75, 3.05) is 25.0 Å². The minimum atomic E-state index is -0.305. The Morgan fingerprint density at radius 3 is 2.88 bits per heavy atom. The van der Waals surface area contributed by atoms with Crippen molar-refractivity contribution in [1.29, 1.82) is 0 Å². The highest BCUT2D eigenvalue weighted by Crippen LogP contribution is 2.18. The first-order chi connectivity index (χ1) is 8.15. The predicted octanol–water partition coefficient (Wildman–Crippen LogP) is 1.54. The molecule has 3 heteroatoms. The quantitative estimate of drug-likeness (QED) is 0.784. The lowest BCUT2D eigenvalue weighted by Crippen LogP contribution is -2.37. The van der Waals surface area contributed by atoms with Gasteiger partial charge in [-0.2, -0.15) is 0 Å². The zero-order chi connectivity index (χ0) is 12.3. The first-order valence-corrected chi connectivity index (χ1v) is 6.34. The fourth-order valence-corrected chi connectivity index (χ4v) is 1.94. The molecule has 0 spiro atoms. The van der Waals surface area contributed by atoms with Crippen molar-refractivity contribution in [2.45, 2.75) is 31.9 Å². The number of hydrogen-bond acceptors (Lipinski definition) is 3. The summed E-state index contributed by atoms with van der Waals surface area (Å²) in [4.78, 5) is 2.10. The number of hydrogen-bond donors (Lipinski definition) is 2. The van der Waals surface area contributed by atoms with Gasteiger partial charge in [-0.25, -0.2) is 0 Å². The van der Waals surface area contributed by atoms with Crippen LogP contribution < -0.4 is 10.2 Å². The van der Waals surface area contributed by atoms with Gasteiger partial charge in [0.1, 0.15) is 0 Å². The van der Waals surface area contributed by atoms with E-state index < -0.39 is 0 Å². The van der Waals surface area contributed by atoms with Crippen LogP contribution in [0.1, 0.15) is 18.4 Å². The summed E-state index contributed by atoms with van der Waals surface area (Å²) >= 11 is 0. The summed E-state index contributed by atoms with van der Waals surface area (Å²) in [5, 5.41) is 13.3. The molecule has 1 unspecified atom stereocenters. The smallest absolute Gasteiger partial charge is 0.0839 e. The number of aliphatic hydroxyl groups excluding tert-OH is 1. The van der Waals surface area contributed by atoms with E-state index in [2.05, 4.69) is 41.4 Å². The summed E-state index contributed by atoms with van der Waals surface area (Å²) in [6, 6.07) is 9.02. The fraction of sp³-hybridized carbons (Fsp3) is 0.571. The van der Waals surface area contributed by atoms with Crippen LogP contribution in [-0.4, -0.2) is 37.4 Å². The van der Waals surface area contributed by atoms with Gasteiger partial charge >= 0.3 is 0 Å². The molecule has 0 amide bonds. The summed E-state index contributed by atoms with van der Waals surface area (Å²) < 4.78 is 0. The molecule has 1 aromatic carbocycles. The fourth-order valence-electron chi connectivity index (χ4n) is 1.94. The molecule has 94 valence electrons. The van der Waals surface area contributed by atoms with Crippen molar-refractivity contribution in [3.05, 3.63) is 29.8 Å². The number of nitrogens with zero attached hydrogens (tertiary/aromatic N) is 1. The first kappa shape index (κ1) is 12.4. The number of likely N-dealkylation sites (N-methyl/N-ethyl adjacent to an activating group) is 1. The number of rotatable bonds is 6. The molecular weight excluding hydrogens is 212 g/mol. The molecule has 1 atom stereocenters. The van der Waals surface area contributed by atoms with Crippen molar-refractivity contribution in [3.63, 3.8) is 0 Å². The lowest BCUT2D eigenvalue weighted by atomic mass is 10.2. The number of nitrogens with one attached hydrogen (secondary N) is 1. The van der Waals surface area contributed by atoms with Gasteiger partial charge in [0.05, 0.1) is 6.10 Å². The number of anilines is 1. The standard InChI is InChI=1S/C14H22N2O/c1-11-4-3-5-13(8-11)16(2)10-14(17)9-15-12-6-7-12/h3-5,8,12,14-15,17H,6-7,9-10H2,1-2H3. The molecule has 0 saturated heterocycles. The third kappa shape index (κ3) is 4.02. The van der Waals surface area contributed by atoms with Gasteiger partial charge in [0.2, 0.25) is 0 Å². The summed E-state index contributed by atoms with van der Waals surface area (Å²) in [6.07, 6.45) is 2.22. The Balaban J connectivity index is 1.80. The Bertz CT molecular complexity index is 363. The van der Waals surface area contributed by atoms with Gasteiger partial charge in [0, 0.05) is 31.9 Å². The van der Waals surface area contributed by atoms with E-state index >= 15 is 0 Å². The van der Waals surface area contributed by atoms with Crippen molar-refractivity contribution >= 4 is 5.69 Å². The maximum absolute atomic E-state index is 9.92. The van der Waals surface area contributed by atoms with Gasteiger partial charge in [0.25, 0.3) is 0 Å². The molecule has 1 aliphatic carbocycles. The third-order valence-electron chi connectivity index (χ3n) is 3.15. The van der Waals surface area contributed by atoms with E-state index in [-0.39, 0.29) is 6.10 Å². The molecule has 0 radical (unpaired) electrons. The van der Waals surface area contributed by atoms with Crippen molar-refractivity contribution in [2.24, 2.45) is 0 Å². The second kappa shape index (κ2) is 5.52. The summed E-state index contributed by atoms with van der Waals surface area (Å²) in [7, 11) is 2.02. The average molecular weight is 234 g/mol. The molecule has 2 N–H and O–H groups in total. The van der Waals surface area contributed by atoms with Gasteiger partial charge in [-0.15, -0.1) is 0 Å². The third-order valence-corrected chi connectivity index (χ3v) is 3.15. The Labute approximate surface area is 103 Å². The maximum Gasteiger partial charge on any atom is 0.0839 e. The van der Waals surface area contributed by atoms with Crippen molar-refractivity contribution in [3.8, 4) is 0 Å². The van der Waals surface area contributed by atoms with Gasteiger partial charge < -0.3 is 15.3 Å². The van der Waals surface area contributed by atoms with Gasteiger partial charge in [-0.05, 0) is 37.5 Å². The predicted molar refractivity (Wildman–Crippen MR) is 71.5 cm³/mol. The Morgan fingerprint density at radius 1 is 1.47 bits per heavy atom. The number of benzene rings is 1. The molecule has 0 heterocycles. The Kier molecular flexibility index (Phi) is 4.02. The van der Waals surface area contributed by atoms with Crippen LogP contribution >= 0.6 is 0 Å². The Morgan fingerprint density at radius 2 is 2.24 bits per heavy atom. The van der Waals surface area contributed by atoms with Crippen molar-refractivity contribution in [1.82, 2.24) is 5.32 Å². The molecule has 1 aromatic rings. The number of aryl methyl sites for hydroxylation is 1. The SMILES string of the molecule is Cc1cccc(N(C)CC(O)CNC2CC2)c1. The molecule has 1 aliphatic rings. The van der Waals surface area contributed by atoms with E-state index in [1.165, 1.54) is 18.4 Å². The Hall–Kier alpha value is -1.06. The lowest BCUT2D eigenvalue weighted by molar-refractivity contribution is 0.177. The second-order valence-corrected chi connectivity index (χ2v) is 5.06. The average Bonchev–Trinajstić information content (AvgIpc) is 3.10. The van der Waals surface area contributed by atoms with E-state index in [1.54, 1.807) is 0 Å². The molecule has 0 aromatic heterocycles. The summed E-state index contributed by atoms with van der Waals surface area (Å²) in [6.45, 7) is 3.45. The van der Waals surface area contributed by atoms with Crippen molar-refractivity contribution < 1.29 is 5.11 Å². The normalized spacial score (nSPS) is 16.9. The minimum Gasteiger partial charge on any atom is -0.390 e. The summed E-state index contributed by atoms with van der Waals surface area (Å²) in [5.41, 5.74) is 2.41. The van der Waals surface area contributed by atoms with Gasteiger partial charge in [0.15, 0.2) is 0 Å². The molecule has 17 heavy (non-hydrogen) atoms. The molecule has 2 rings (SSSR count). The van der Waals surface area contributed by atoms with E-state index in [0.29, 0.717) is 19.1 Å². The van der Waals surface area contributed by atoms with Crippen LogP contribution in [0.2, 0.25) is 0 Å². The number of aliphatic hydroxyl groups is 1. The van der Waals surface area contributed by atoms with Crippen LogP contribution in [0.4, 0.5) is 5.69 Å². The highest BCUT2D eigenvalue weighted by Gasteiger charge is 2.21. The van der Waals surface area contributed by atoms with Crippen LogP contribution in [0.5, 0.6) is 0 Å². The van der Waals surface area contributed by atoms with Gasteiger partial charge in [-0.3, -0.25) is 0 Å². The van der Waals surface area contributed by atoms with Crippen LogP contribution in [0.25, 0.3) is 0 Å². The molecular formula is C14H22N2O. The minimum absolute atomic E-state index is 0.305. The van der Waals surface area contributed by atoms with E-state index in [0.717, 1.165) is 5.69 Å². The molecule has 1 fully saturated rings. The highest BCUT2D eigenvalue weighted by atomic mass is 16.3. The van der Waals surface area contributed by atoms with Crippen LogP contribution in [0, 0.1) is 6.92 Å². The molecule has 1 saturated carbocycles. The first-order valence-electron chi connectivity index (χ1n) is 6.34. The molecule has 3 nitrogen and oxygen atoms in total. The van der Waals surface area contributed by atoms with E-state index in [1.807, 2.05) is 7.05 Å². The van der Waals surface area contributed by atoms with E-state index in [4.69, 9.17) is 0 Å². The van der Waals surface area contributed by atoms with Crippen LogP contribution in [0.3, 0.4) is 0 Å². The molecule has 0 bridgehead atoms. The van der Waals surface area contributed by atoms with Crippen LogP contribution in [-0.2, 0) is 0 Å². The zero-order valence-electron chi connectivity index (χ0n) is 10.7. The van der Waals surface area contributed by atoms with E-state index in [9.17, 15) is 5.11 Å². The monoisotopic (exact) mass is 234 g/mol. The maximum atomic E-state index is 9.92.